The van der Waals surface area contributed by atoms with Crippen molar-refractivity contribution in [1.29, 1.82) is 0 Å². The SMILES string of the molecule is O=C(c1ccc(Cl)c(Cc2ccc3c(c2)CCC3)c1)C(O)CO. The van der Waals surface area contributed by atoms with Crippen molar-refractivity contribution in [1.82, 2.24) is 0 Å². The Hall–Kier alpha value is -1.68. The summed E-state index contributed by atoms with van der Waals surface area (Å²) in [5, 5.41) is 19.0. The average Bonchev–Trinajstić information content (AvgIpc) is 3.03. The number of hydrogen-bond acceptors (Lipinski definition) is 3. The lowest BCUT2D eigenvalue weighted by molar-refractivity contribution is 0.0587. The molecule has 2 N–H and O–H groups in total. The maximum Gasteiger partial charge on any atom is 0.193 e. The number of aliphatic hydroxyl groups excluding tert-OH is 2. The molecule has 1 unspecified atom stereocenters. The monoisotopic (exact) mass is 330 g/mol. The van der Waals surface area contributed by atoms with Gasteiger partial charge in [-0.25, -0.2) is 0 Å². The van der Waals surface area contributed by atoms with Gasteiger partial charge in [0.15, 0.2) is 5.78 Å². The van der Waals surface area contributed by atoms with Gasteiger partial charge in [0.2, 0.25) is 0 Å². The molecule has 0 amide bonds. The zero-order valence-corrected chi connectivity index (χ0v) is 13.5. The van der Waals surface area contributed by atoms with Gasteiger partial charge in [0.25, 0.3) is 0 Å². The molecule has 0 radical (unpaired) electrons. The van der Waals surface area contributed by atoms with Crippen LogP contribution in [0.15, 0.2) is 36.4 Å². The van der Waals surface area contributed by atoms with Crippen LogP contribution in [0.2, 0.25) is 5.02 Å². The second-order valence-electron chi connectivity index (χ2n) is 6.00. The molecule has 1 atom stereocenters. The largest absolute Gasteiger partial charge is 0.393 e. The number of hydrogen-bond donors (Lipinski definition) is 2. The first-order valence-electron chi connectivity index (χ1n) is 7.80. The van der Waals surface area contributed by atoms with Crippen molar-refractivity contribution in [3.63, 3.8) is 0 Å². The molecule has 1 aliphatic rings. The number of fused-ring (bicyclic) bond motifs is 1. The lowest BCUT2D eigenvalue weighted by Crippen LogP contribution is -2.24. The van der Waals surface area contributed by atoms with E-state index in [1.54, 1.807) is 18.2 Å². The molecule has 3 rings (SSSR count). The Labute approximate surface area is 140 Å². The van der Waals surface area contributed by atoms with Crippen molar-refractivity contribution in [2.24, 2.45) is 0 Å². The van der Waals surface area contributed by atoms with E-state index < -0.39 is 18.5 Å². The van der Waals surface area contributed by atoms with Crippen LogP contribution in [0.25, 0.3) is 0 Å². The molecule has 0 bridgehead atoms. The lowest BCUT2D eigenvalue weighted by atomic mass is 9.97. The Bertz CT molecular complexity index is 739. The van der Waals surface area contributed by atoms with Gasteiger partial charge in [0, 0.05) is 10.6 Å². The summed E-state index contributed by atoms with van der Waals surface area (Å²) in [5.41, 5.74) is 5.21. The van der Waals surface area contributed by atoms with E-state index in [2.05, 4.69) is 18.2 Å². The molecule has 0 saturated carbocycles. The lowest BCUT2D eigenvalue weighted by Gasteiger charge is -2.11. The van der Waals surface area contributed by atoms with Crippen LogP contribution >= 0.6 is 11.6 Å². The molecule has 0 heterocycles. The van der Waals surface area contributed by atoms with Crippen molar-refractivity contribution < 1.29 is 15.0 Å². The molecule has 0 aliphatic heterocycles. The van der Waals surface area contributed by atoms with Crippen molar-refractivity contribution >= 4 is 17.4 Å². The zero-order valence-electron chi connectivity index (χ0n) is 12.8. The maximum absolute atomic E-state index is 12.0. The predicted molar refractivity (Wildman–Crippen MR) is 90.1 cm³/mol. The molecular weight excluding hydrogens is 312 g/mol. The molecule has 23 heavy (non-hydrogen) atoms. The number of rotatable bonds is 5. The van der Waals surface area contributed by atoms with E-state index in [9.17, 15) is 9.90 Å². The van der Waals surface area contributed by atoms with Crippen molar-refractivity contribution in [3.05, 3.63) is 69.2 Å². The van der Waals surface area contributed by atoms with Crippen molar-refractivity contribution in [2.75, 3.05) is 6.61 Å². The van der Waals surface area contributed by atoms with Gasteiger partial charge in [0.05, 0.1) is 6.61 Å². The number of carbonyl (C=O) groups excluding carboxylic acids is 1. The maximum atomic E-state index is 12.0. The minimum atomic E-state index is -1.39. The molecule has 0 fully saturated rings. The highest BCUT2D eigenvalue weighted by Gasteiger charge is 2.17. The summed E-state index contributed by atoms with van der Waals surface area (Å²) in [4.78, 5) is 12.0. The fourth-order valence-corrected chi connectivity index (χ4v) is 3.28. The number of ketones is 1. The Morgan fingerprint density at radius 2 is 1.91 bits per heavy atom. The molecule has 1 aliphatic carbocycles. The number of aryl methyl sites for hydroxylation is 2. The van der Waals surface area contributed by atoms with Gasteiger partial charge < -0.3 is 10.2 Å². The fraction of sp³-hybridized carbons (Fsp3) is 0.316. The highest BCUT2D eigenvalue weighted by atomic mass is 35.5. The van der Waals surface area contributed by atoms with E-state index in [0.717, 1.165) is 18.4 Å². The van der Waals surface area contributed by atoms with Crippen molar-refractivity contribution in [3.8, 4) is 0 Å². The zero-order chi connectivity index (χ0) is 16.4. The smallest absolute Gasteiger partial charge is 0.193 e. The topological polar surface area (TPSA) is 57.5 Å². The fourth-order valence-electron chi connectivity index (χ4n) is 3.09. The number of halogens is 1. The van der Waals surface area contributed by atoms with Crippen LogP contribution in [0.5, 0.6) is 0 Å². The molecule has 120 valence electrons. The second kappa shape index (κ2) is 6.83. The minimum absolute atomic E-state index is 0.368. The van der Waals surface area contributed by atoms with Gasteiger partial charge in [0.1, 0.15) is 6.10 Å². The quantitative estimate of drug-likeness (QED) is 0.829. The van der Waals surface area contributed by atoms with E-state index in [1.807, 2.05) is 0 Å². The highest BCUT2D eigenvalue weighted by Crippen LogP contribution is 2.26. The first kappa shape index (κ1) is 16.2. The van der Waals surface area contributed by atoms with Gasteiger partial charge in [-0.15, -0.1) is 0 Å². The minimum Gasteiger partial charge on any atom is -0.393 e. The molecule has 0 saturated heterocycles. The third-order valence-electron chi connectivity index (χ3n) is 4.36. The second-order valence-corrected chi connectivity index (χ2v) is 6.41. The van der Waals surface area contributed by atoms with Crippen LogP contribution in [0.3, 0.4) is 0 Å². The normalized spacial score (nSPS) is 14.6. The van der Waals surface area contributed by atoms with Gasteiger partial charge in [-0.1, -0.05) is 29.8 Å². The van der Waals surface area contributed by atoms with E-state index >= 15 is 0 Å². The standard InChI is InChI=1S/C19H19ClO3/c20-17-7-6-15(19(23)18(22)11-21)10-16(17)9-12-4-5-13-2-1-3-14(13)8-12/h4-8,10,18,21-22H,1-3,9,11H2. The first-order valence-corrected chi connectivity index (χ1v) is 8.18. The van der Waals surface area contributed by atoms with Crippen molar-refractivity contribution in [2.45, 2.75) is 31.8 Å². The van der Waals surface area contributed by atoms with Crippen LogP contribution in [0.4, 0.5) is 0 Å². The number of Topliss-reactive ketones (excluding diaryl/α,β-unsaturated/α-hetero) is 1. The summed E-state index contributed by atoms with van der Waals surface area (Å²) in [6, 6.07) is 11.5. The van der Waals surface area contributed by atoms with E-state index in [-0.39, 0.29) is 0 Å². The van der Waals surface area contributed by atoms with Gasteiger partial charge >= 0.3 is 0 Å². The summed E-state index contributed by atoms with van der Waals surface area (Å²) >= 11 is 6.26. The van der Waals surface area contributed by atoms with E-state index in [1.165, 1.54) is 23.1 Å². The summed E-state index contributed by atoms with van der Waals surface area (Å²) in [6.07, 6.45) is 2.74. The van der Waals surface area contributed by atoms with E-state index in [0.29, 0.717) is 17.0 Å². The molecule has 2 aromatic carbocycles. The van der Waals surface area contributed by atoms with Gasteiger partial charge in [-0.3, -0.25) is 4.79 Å². The van der Waals surface area contributed by atoms with Crippen LogP contribution < -0.4 is 0 Å². The van der Waals surface area contributed by atoms with Crippen LogP contribution in [0.1, 0.15) is 39.0 Å². The molecule has 2 aromatic rings. The Morgan fingerprint density at radius 1 is 1.13 bits per heavy atom. The molecular formula is C19H19ClO3. The van der Waals surface area contributed by atoms with E-state index in [4.69, 9.17) is 16.7 Å². The Kier molecular flexibility index (Phi) is 4.81. The summed E-state index contributed by atoms with van der Waals surface area (Å²) < 4.78 is 0. The van der Waals surface area contributed by atoms with Crippen LogP contribution in [-0.2, 0) is 19.3 Å². The first-order chi connectivity index (χ1) is 11.1. The molecule has 3 nitrogen and oxygen atoms in total. The summed E-state index contributed by atoms with van der Waals surface area (Å²) in [5.74, 6) is -0.487. The van der Waals surface area contributed by atoms with Crippen LogP contribution in [-0.4, -0.2) is 28.7 Å². The third kappa shape index (κ3) is 3.47. The number of carbonyl (C=O) groups is 1. The summed E-state index contributed by atoms with van der Waals surface area (Å²) in [6.45, 7) is -0.582. The van der Waals surface area contributed by atoms with Crippen LogP contribution in [0, 0.1) is 0 Å². The van der Waals surface area contributed by atoms with Gasteiger partial charge in [-0.2, -0.15) is 0 Å². The molecule has 0 spiro atoms. The van der Waals surface area contributed by atoms with Gasteiger partial charge in [-0.05, 0) is 66.1 Å². The molecule has 4 heteroatoms. The Morgan fingerprint density at radius 3 is 2.70 bits per heavy atom. The Balaban J connectivity index is 1.86. The average molecular weight is 331 g/mol. The third-order valence-corrected chi connectivity index (χ3v) is 4.73. The molecule has 0 aromatic heterocycles. The number of aliphatic hydroxyl groups is 2. The predicted octanol–water partition coefficient (Wildman–Crippen LogP) is 2.96. The highest BCUT2D eigenvalue weighted by molar-refractivity contribution is 6.31. The summed E-state index contributed by atoms with van der Waals surface area (Å²) in [7, 11) is 0. The number of benzene rings is 2.